The molecule has 2 rings (SSSR count). The minimum Gasteiger partial charge on any atom is -0.309 e. The third kappa shape index (κ3) is 3.31. The lowest BCUT2D eigenvalue weighted by atomic mass is 10.1. The van der Waals surface area contributed by atoms with Crippen molar-refractivity contribution >= 4 is 11.6 Å². The molecule has 0 atom stereocenters. The van der Waals surface area contributed by atoms with E-state index in [4.69, 9.17) is 11.6 Å². The SMILES string of the molecule is Cc1ccc(CNCc2ccccc2Cl)cc1F. The van der Waals surface area contributed by atoms with E-state index in [2.05, 4.69) is 5.32 Å². The van der Waals surface area contributed by atoms with Crippen LogP contribution in [-0.2, 0) is 13.1 Å². The molecule has 0 fully saturated rings. The number of nitrogens with one attached hydrogen (secondary N) is 1. The second kappa shape index (κ2) is 5.98. The highest BCUT2D eigenvalue weighted by Gasteiger charge is 2.01. The number of rotatable bonds is 4. The van der Waals surface area contributed by atoms with Gasteiger partial charge in [-0.2, -0.15) is 0 Å². The van der Waals surface area contributed by atoms with Crippen molar-refractivity contribution in [1.29, 1.82) is 0 Å². The minimum atomic E-state index is -0.160. The van der Waals surface area contributed by atoms with E-state index in [-0.39, 0.29) is 5.82 Å². The zero-order chi connectivity index (χ0) is 13.0. The van der Waals surface area contributed by atoms with Gasteiger partial charge < -0.3 is 5.32 Å². The zero-order valence-corrected chi connectivity index (χ0v) is 11.0. The highest BCUT2D eigenvalue weighted by molar-refractivity contribution is 6.31. The van der Waals surface area contributed by atoms with Gasteiger partial charge in [0.2, 0.25) is 0 Å². The monoisotopic (exact) mass is 263 g/mol. The van der Waals surface area contributed by atoms with Gasteiger partial charge in [0.25, 0.3) is 0 Å². The smallest absolute Gasteiger partial charge is 0.126 e. The van der Waals surface area contributed by atoms with Crippen LogP contribution in [0.5, 0.6) is 0 Å². The Morgan fingerprint density at radius 3 is 2.61 bits per heavy atom. The van der Waals surface area contributed by atoms with E-state index >= 15 is 0 Å². The molecule has 18 heavy (non-hydrogen) atoms. The summed E-state index contributed by atoms with van der Waals surface area (Å²) < 4.78 is 13.3. The Kier molecular flexibility index (Phi) is 4.34. The standard InChI is InChI=1S/C15H15ClFN/c1-11-6-7-12(8-15(11)17)9-18-10-13-4-2-3-5-14(13)16/h2-8,18H,9-10H2,1H3. The molecule has 0 saturated carbocycles. The Balaban J connectivity index is 1.92. The molecule has 2 aromatic rings. The topological polar surface area (TPSA) is 12.0 Å². The van der Waals surface area contributed by atoms with Crippen LogP contribution in [0.2, 0.25) is 5.02 Å². The molecule has 0 radical (unpaired) electrons. The Morgan fingerprint density at radius 2 is 1.89 bits per heavy atom. The second-order valence-corrected chi connectivity index (χ2v) is 4.69. The summed E-state index contributed by atoms with van der Waals surface area (Å²) >= 11 is 6.05. The first-order valence-electron chi connectivity index (χ1n) is 5.86. The molecule has 1 nitrogen and oxygen atoms in total. The highest BCUT2D eigenvalue weighted by atomic mass is 35.5. The largest absolute Gasteiger partial charge is 0.309 e. The Morgan fingerprint density at radius 1 is 1.11 bits per heavy atom. The Labute approximate surface area is 112 Å². The third-order valence-electron chi connectivity index (χ3n) is 2.84. The number of aryl methyl sites for hydroxylation is 1. The molecule has 94 valence electrons. The molecule has 0 aliphatic heterocycles. The summed E-state index contributed by atoms with van der Waals surface area (Å²) in [5.41, 5.74) is 2.65. The lowest BCUT2D eigenvalue weighted by Crippen LogP contribution is -2.13. The molecule has 3 heteroatoms. The highest BCUT2D eigenvalue weighted by Crippen LogP contribution is 2.15. The molecule has 0 heterocycles. The van der Waals surface area contributed by atoms with Crippen LogP contribution in [0.1, 0.15) is 16.7 Å². The first kappa shape index (κ1) is 13.1. The zero-order valence-electron chi connectivity index (χ0n) is 10.2. The molecule has 0 amide bonds. The molecular formula is C15H15ClFN. The van der Waals surface area contributed by atoms with Gasteiger partial charge in [-0.05, 0) is 35.7 Å². The van der Waals surface area contributed by atoms with Gasteiger partial charge in [-0.3, -0.25) is 0 Å². The summed E-state index contributed by atoms with van der Waals surface area (Å²) in [6.45, 7) is 3.06. The van der Waals surface area contributed by atoms with Gasteiger partial charge in [-0.25, -0.2) is 4.39 Å². The van der Waals surface area contributed by atoms with Gasteiger partial charge >= 0.3 is 0 Å². The third-order valence-corrected chi connectivity index (χ3v) is 3.21. The molecule has 0 aliphatic carbocycles. The number of benzene rings is 2. The Bertz CT molecular complexity index is 540. The molecule has 0 unspecified atom stereocenters. The van der Waals surface area contributed by atoms with Crippen molar-refractivity contribution in [1.82, 2.24) is 5.32 Å². The fraction of sp³-hybridized carbons (Fsp3) is 0.200. The van der Waals surface area contributed by atoms with Crippen molar-refractivity contribution in [3.05, 3.63) is 70.0 Å². The lowest BCUT2D eigenvalue weighted by molar-refractivity contribution is 0.611. The van der Waals surface area contributed by atoms with E-state index < -0.39 is 0 Å². The van der Waals surface area contributed by atoms with Crippen LogP contribution in [0.25, 0.3) is 0 Å². The predicted octanol–water partition coefficient (Wildman–Crippen LogP) is 4.08. The van der Waals surface area contributed by atoms with Gasteiger partial charge in [0.15, 0.2) is 0 Å². The molecule has 0 bridgehead atoms. The maximum Gasteiger partial charge on any atom is 0.126 e. The van der Waals surface area contributed by atoms with E-state index in [1.807, 2.05) is 30.3 Å². The summed E-state index contributed by atoms with van der Waals surface area (Å²) in [4.78, 5) is 0. The van der Waals surface area contributed by atoms with E-state index in [1.54, 1.807) is 19.1 Å². The van der Waals surface area contributed by atoms with Crippen molar-refractivity contribution in [3.63, 3.8) is 0 Å². The van der Waals surface area contributed by atoms with Crippen LogP contribution in [0, 0.1) is 12.7 Å². The van der Waals surface area contributed by atoms with Crippen LogP contribution in [0.3, 0.4) is 0 Å². The van der Waals surface area contributed by atoms with Crippen molar-refractivity contribution in [2.75, 3.05) is 0 Å². The quantitative estimate of drug-likeness (QED) is 0.877. The number of hydrogen-bond acceptors (Lipinski definition) is 1. The lowest BCUT2D eigenvalue weighted by Gasteiger charge is -2.07. The minimum absolute atomic E-state index is 0.160. The van der Waals surface area contributed by atoms with E-state index in [1.165, 1.54) is 0 Å². The average Bonchev–Trinajstić information content (AvgIpc) is 2.36. The van der Waals surface area contributed by atoms with E-state index in [0.717, 1.165) is 16.1 Å². The average molecular weight is 264 g/mol. The number of hydrogen-bond donors (Lipinski definition) is 1. The Hall–Kier alpha value is -1.38. The van der Waals surface area contributed by atoms with Crippen LogP contribution < -0.4 is 5.32 Å². The van der Waals surface area contributed by atoms with Crippen molar-refractivity contribution in [2.45, 2.75) is 20.0 Å². The summed E-state index contributed by atoms with van der Waals surface area (Å²) in [5.74, 6) is -0.160. The summed E-state index contributed by atoms with van der Waals surface area (Å²) in [7, 11) is 0. The van der Waals surface area contributed by atoms with Crippen molar-refractivity contribution in [2.24, 2.45) is 0 Å². The van der Waals surface area contributed by atoms with Gasteiger partial charge in [0.1, 0.15) is 5.82 Å². The summed E-state index contributed by atoms with van der Waals surface area (Å²) in [6.07, 6.45) is 0. The number of halogens is 2. The van der Waals surface area contributed by atoms with Gasteiger partial charge in [0, 0.05) is 18.1 Å². The van der Waals surface area contributed by atoms with Crippen molar-refractivity contribution < 1.29 is 4.39 Å². The summed E-state index contributed by atoms with van der Waals surface area (Å²) in [5, 5.41) is 4.00. The normalized spacial score (nSPS) is 10.6. The van der Waals surface area contributed by atoms with Crippen LogP contribution in [0.15, 0.2) is 42.5 Å². The fourth-order valence-electron chi connectivity index (χ4n) is 1.73. The van der Waals surface area contributed by atoms with Crippen molar-refractivity contribution in [3.8, 4) is 0 Å². The van der Waals surface area contributed by atoms with Crippen LogP contribution >= 0.6 is 11.6 Å². The first-order valence-corrected chi connectivity index (χ1v) is 6.24. The van der Waals surface area contributed by atoms with Crippen LogP contribution in [-0.4, -0.2) is 0 Å². The molecular weight excluding hydrogens is 249 g/mol. The first-order chi connectivity index (χ1) is 8.66. The predicted molar refractivity (Wildman–Crippen MR) is 73.1 cm³/mol. The van der Waals surface area contributed by atoms with E-state index in [0.29, 0.717) is 18.7 Å². The van der Waals surface area contributed by atoms with Gasteiger partial charge in [0.05, 0.1) is 0 Å². The molecule has 0 saturated heterocycles. The molecule has 2 aromatic carbocycles. The maximum absolute atomic E-state index is 13.3. The molecule has 1 N–H and O–H groups in total. The molecule has 0 spiro atoms. The van der Waals surface area contributed by atoms with E-state index in [9.17, 15) is 4.39 Å². The molecule has 0 aliphatic rings. The fourth-order valence-corrected chi connectivity index (χ4v) is 1.93. The van der Waals surface area contributed by atoms with Gasteiger partial charge in [-0.1, -0.05) is 41.9 Å². The second-order valence-electron chi connectivity index (χ2n) is 4.28. The summed E-state index contributed by atoms with van der Waals surface area (Å²) in [6, 6.07) is 13.0. The van der Waals surface area contributed by atoms with Crippen LogP contribution in [0.4, 0.5) is 4.39 Å². The maximum atomic E-state index is 13.3. The van der Waals surface area contributed by atoms with Gasteiger partial charge in [-0.15, -0.1) is 0 Å². The molecule has 0 aromatic heterocycles.